The first-order valence-electron chi connectivity index (χ1n) is 9.23. The summed E-state index contributed by atoms with van der Waals surface area (Å²) in [4.78, 5) is 23.9. The first-order chi connectivity index (χ1) is 11.3. The van der Waals surface area contributed by atoms with Crippen molar-refractivity contribution < 1.29 is 19.1 Å². The summed E-state index contributed by atoms with van der Waals surface area (Å²) in [7, 11) is 0. The van der Waals surface area contributed by atoms with Crippen molar-refractivity contribution in [2.45, 2.75) is 72.1 Å². The van der Waals surface area contributed by atoms with Crippen LogP contribution in [-0.4, -0.2) is 25.2 Å². The van der Waals surface area contributed by atoms with E-state index in [0.717, 1.165) is 44.6 Å². The van der Waals surface area contributed by atoms with Gasteiger partial charge in [0.05, 0.1) is 18.6 Å². The number of carbonyl (C=O) groups excluding carboxylic acids is 2. The SMILES string of the molecule is C=CC(=O)OCC(C)(C)COC(=O)C12CCC(CCC)(CC1)CC2. The third-order valence-electron chi connectivity index (χ3n) is 5.98. The summed E-state index contributed by atoms with van der Waals surface area (Å²) in [5.74, 6) is -0.491. The molecule has 0 aliphatic heterocycles. The van der Waals surface area contributed by atoms with Gasteiger partial charge in [-0.05, 0) is 50.4 Å². The second-order valence-electron chi connectivity index (χ2n) is 8.58. The zero-order valence-electron chi connectivity index (χ0n) is 15.5. The third kappa shape index (κ3) is 4.20. The van der Waals surface area contributed by atoms with Gasteiger partial charge >= 0.3 is 11.9 Å². The van der Waals surface area contributed by atoms with E-state index in [1.54, 1.807) is 0 Å². The summed E-state index contributed by atoms with van der Waals surface area (Å²) in [6, 6.07) is 0. The molecule has 3 aliphatic carbocycles. The number of hydrogen-bond donors (Lipinski definition) is 0. The van der Waals surface area contributed by atoms with Crippen LogP contribution in [0.2, 0.25) is 0 Å². The highest BCUT2D eigenvalue weighted by atomic mass is 16.5. The van der Waals surface area contributed by atoms with Crippen molar-refractivity contribution in [3.8, 4) is 0 Å². The molecule has 0 aromatic carbocycles. The fourth-order valence-corrected chi connectivity index (χ4v) is 4.26. The second kappa shape index (κ2) is 7.28. The summed E-state index contributed by atoms with van der Waals surface area (Å²) in [6.07, 6.45) is 10.1. The van der Waals surface area contributed by atoms with Crippen LogP contribution in [0.4, 0.5) is 0 Å². The van der Waals surface area contributed by atoms with Crippen LogP contribution < -0.4 is 0 Å². The van der Waals surface area contributed by atoms with Crippen LogP contribution in [-0.2, 0) is 19.1 Å². The third-order valence-corrected chi connectivity index (χ3v) is 5.98. The lowest BCUT2D eigenvalue weighted by Gasteiger charge is -2.52. The molecule has 4 heteroatoms. The van der Waals surface area contributed by atoms with E-state index in [9.17, 15) is 9.59 Å². The van der Waals surface area contributed by atoms with E-state index in [1.165, 1.54) is 12.8 Å². The minimum Gasteiger partial charge on any atom is -0.465 e. The van der Waals surface area contributed by atoms with E-state index in [-0.39, 0.29) is 30.0 Å². The maximum atomic E-state index is 12.7. The average Bonchev–Trinajstić information content (AvgIpc) is 2.59. The van der Waals surface area contributed by atoms with Gasteiger partial charge in [-0.3, -0.25) is 4.79 Å². The quantitative estimate of drug-likeness (QED) is 0.486. The first kappa shape index (κ1) is 19.0. The number of fused-ring (bicyclic) bond motifs is 3. The molecule has 0 unspecified atom stereocenters. The summed E-state index contributed by atoms with van der Waals surface area (Å²) < 4.78 is 10.8. The molecule has 0 heterocycles. The monoisotopic (exact) mass is 336 g/mol. The minimum atomic E-state index is -0.445. The molecule has 3 aliphatic rings. The van der Waals surface area contributed by atoms with Gasteiger partial charge in [0.25, 0.3) is 0 Å². The van der Waals surface area contributed by atoms with Gasteiger partial charge in [0, 0.05) is 11.5 Å². The van der Waals surface area contributed by atoms with Gasteiger partial charge in [0.1, 0.15) is 0 Å². The summed E-state index contributed by atoms with van der Waals surface area (Å²) >= 11 is 0. The number of ether oxygens (including phenoxy) is 2. The highest BCUT2D eigenvalue weighted by Crippen LogP contribution is 2.59. The molecule has 0 saturated heterocycles. The zero-order chi connectivity index (χ0) is 17.8. The number of hydrogen-bond acceptors (Lipinski definition) is 4. The molecule has 0 atom stereocenters. The molecule has 0 spiro atoms. The Kier molecular flexibility index (Phi) is 5.77. The van der Waals surface area contributed by atoms with Crippen molar-refractivity contribution in [2.24, 2.45) is 16.2 Å². The van der Waals surface area contributed by atoms with Gasteiger partial charge in [-0.15, -0.1) is 0 Å². The van der Waals surface area contributed by atoms with Gasteiger partial charge in [0.2, 0.25) is 0 Å². The van der Waals surface area contributed by atoms with Gasteiger partial charge in [-0.25, -0.2) is 4.79 Å². The van der Waals surface area contributed by atoms with Crippen LogP contribution in [0.25, 0.3) is 0 Å². The number of rotatable bonds is 8. The van der Waals surface area contributed by atoms with Crippen LogP contribution in [0.3, 0.4) is 0 Å². The second-order valence-corrected chi connectivity index (χ2v) is 8.58. The molecule has 0 N–H and O–H groups in total. The van der Waals surface area contributed by atoms with Crippen LogP contribution in [0, 0.1) is 16.2 Å². The van der Waals surface area contributed by atoms with E-state index in [2.05, 4.69) is 13.5 Å². The fraction of sp³-hybridized carbons (Fsp3) is 0.800. The molecule has 0 radical (unpaired) electrons. The standard InChI is InChI=1S/C20H32O4/c1-5-7-19-8-11-20(12-9-19,13-10-19)17(22)24-15-18(3,4)14-23-16(21)6-2/h6H,2,5,7-15H2,1,3-4H3. The molecule has 136 valence electrons. The van der Waals surface area contributed by atoms with Gasteiger partial charge in [-0.1, -0.05) is 33.8 Å². The fourth-order valence-electron chi connectivity index (χ4n) is 4.26. The minimum absolute atomic E-state index is 0.0459. The number of carbonyl (C=O) groups is 2. The van der Waals surface area contributed by atoms with Gasteiger partial charge < -0.3 is 9.47 Å². The molecule has 2 bridgehead atoms. The Morgan fingerprint density at radius 1 is 1.04 bits per heavy atom. The first-order valence-corrected chi connectivity index (χ1v) is 9.23. The normalized spacial score (nSPS) is 29.1. The lowest BCUT2D eigenvalue weighted by atomic mass is 9.52. The average molecular weight is 336 g/mol. The molecule has 3 fully saturated rings. The molecular formula is C20H32O4. The van der Waals surface area contributed by atoms with E-state index in [0.29, 0.717) is 5.41 Å². The van der Waals surface area contributed by atoms with Crippen molar-refractivity contribution in [3.05, 3.63) is 12.7 Å². The van der Waals surface area contributed by atoms with Gasteiger partial charge in [-0.2, -0.15) is 0 Å². The predicted octanol–water partition coefficient (Wildman–Crippen LogP) is 4.43. The van der Waals surface area contributed by atoms with Crippen molar-refractivity contribution in [1.29, 1.82) is 0 Å². The van der Waals surface area contributed by atoms with Crippen molar-refractivity contribution >= 4 is 11.9 Å². The Hall–Kier alpha value is -1.32. The number of esters is 2. The topological polar surface area (TPSA) is 52.6 Å². The van der Waals surface area contributed by atoms with Crippen LogP contribution in [0.15, 0.2) is 12.7 Å². The highest BCUT2D eigenvalue weighted by molar-refractivity contribution is 5.81. The van der Waals surface area contributed by atoms with Crippen molar-refractivity contribution in [3.63, 3.8) is 0 Å². The van der Waals surface area contributed by atoms with Crippen LogP contribution >= 0.6 is 0 Å². The van der Waals surface area contributed by atoms with E-state index >= 15 is 0 Å². The Morgan fingerprint density at radius 2 is 1.58 bits per heavy atom. The van der Waals surface area contributed by atoms with Crippen molar-refractivity contribution in [1.82, 2.24) is 0 Å². The molecular weight excluding hydrogens is 304 g/mol. The Labute approximate surface area is 146 Å². The maximum absolute atomic E-state index is 12.7. The molecule has 4 nitrogen and oxygen atoms in total. The Morgan fingerprint density at radius 3 is 2.08 bits per heavy atom. The zero-order valence-corrected chi connectivity index (χ0v) is 15.5. The summed E-state index contributed by atoms with van der Waals surface area (Å²) in [5, 5.41) is 0. The largest absolute Gasteiger partial charge is 0.465 e. The summed E-state index contributed by atoms with van der Waals surface area (Å²) in [5.41, 5.74) is -0.154. The molecule has 0 amide bonds. The molecule has 0 aromatic heterocycles. The Balaban J connectivity index is 1.85. The van der Waals surface area contributed by atoms with E-state index < -0.39 is 5.97 Å². The maximum Gasteiger partial charge on any atom is 0.330 e. The lowest BCUT2D eigenvalue weighted by molar-refractivity contribution is -0.170. The van der Waals surface area contributed by atoms with E-state index in [1.807, 2.05) is 13.8 Å². The molecule has 24 heavy (non-hydrogen) atoms. The van der Waals surface area contributed by atoms with E-state index in [4.69, 9.17) is 9.47 Å². The molecule has 3 saturated carbocycles. The van der Waals surface area contributed by atoms with Crippen LogP contribution in [0.1, 0.15) is 72.1 Å². The highest BCUT2D eigenvalue weighted by Gasteiger charge is 2.52. The molecule has 0 aromatic rings. The summed E-state index contributed by atoms with van der Waals surface area (Å²) in [6.45, 7) is 9.99. The predicted molar refractivity (Wildman–Crippen MR) is 93.4 cm³/mol. The van der Waals surface area contributed by atoms with Gasteiger partial charge in [0.15, 0.2) is 0 Å². The van der Waals surface area contributed by atoms with Crippen LogP contribution in [0.5, 0.6) is 0 Å². The molecule has 3 rings (SSSR count). The van der Waals surface area contributed by atoms with Crippen molar-refractivity contribution in [2.75, 3.05) is 13.2 Å². The Bertz CT molecular complexity index is 467. The smallest absolute Gasteiger partial charge is 0.330 e. The lowest BCUT2D eigenvalue weighted by Crippen LogP contribution is -2.47.